The van der Waals surface area contributed by atoms with Crippen molar-refractivity contribution in [1.82, 2.24) is 31.2 Å². The average Bonchev–Trinajstić information content (AvgIpc) is 1.19. The molecule has 0 fully saturated rings. The van der Waals surface area contributed by atoms with Crippen molar-refractivity contribution in [3.05, 3.63) is 77.9 Å². The second-order valence-corrected chi connectivity index (χ2v) is 34.2. The first-order valence-electron chi connectivity index (χ1n) is 47.6. The molecule has 1 heterocycles. The summed E-state index contributed by atoms with van der Waals surface area (Å²) in [4.78, 5) is 207. The number of amides is 4. The normalized spacial score (nSPS) is 12.5. The molecule has 1 aromatic heterocycles. The smallest absolute Gasteiger partial charge is 0.335 e. The molecule has 0 radical (unpaired) electrons. The summed E-state index contributed by atoms with van der Waals surface area (Å²) in [5.74, 6) is -11.6. The van der Waals surface area contributed by atoms with Crippen LogP contribution in [0.4, 0.5) is 0 Å². The summed E-state index contributed by atoms with van der Waals surface area (Å²) in [6.07, 6.45) is 18.2. The van der Waals surface area contributed by atoms with E-state index in [9.17, 15) is 92.0 Å². The van der Waals surface area contributed by atoms with Gasteiger partial charge in [-0.05, 0) is 113 Å². The highest BCUT2D eigenvalue weighted by Crippen LogP contribution is 2.31. The number of aromatic amines is 1. The zero-order chi connectivity index (χ0) is 98.9. The van der Waals surface area contributed by atoms with Crippen molar-refractivity contribution in [3.63, 3.8) is 0 Å². The third kappa shape index (κ3) is 62.2. The third-order valence-corrected chi connectivity index (χ3v) is 22.2. The van der Waals surface area contributed by atoms with Crippen molar-refractivity contribution >= 4 is 94.0 Å². The lowest BCUT2D eigenvalue weighted by atomic mass is 9.76. The minimum atomic E-state index is -1.22. The fraction of sp³-hybridized carbons (Fsp3) is 0.680. The Morgan fingerprint density at radius 1 is 0.363 bits per heavy atom. The molecule has 758 valence electrons. The number of nitrogens with two attached hydrogens (primary N) is 1. The number of carboxylic acid groups (broad SMARTS) is 5. The number of hydrogen-bond acceptors (Lipinski definition) is 28. The Morgan fingerprint density at radius 2 is 0.756 bits per heavy atom. The van der Waals surface area contributed by atoms with Crippen molar-refractivity contribution < 1.29 is 150 Å². The molecule has 12 N–H and O–H groups in total. The van der Waals surface area contributed by atoms with Gasteiger partial charge in [0.05, 0.1) is 121 Å². The lowest BCUT2D eigenvalue weighted by Gasteiger charge is -2.26. The van der Waals surface area contributed by atoms with Gasteiger partial charge in [0.2, 0.25) is 23.6 Å². The van der Waals surface area contributed by atoms with Crippen LogP contribution in [0.1, 0.15) is 265 Å². The van der Waals surface area contributed by atoms with Crippen LogP contribution in [0.5, 0.6) is 11.5 Å². The highest BCUT2D eigenvalue weighted by molar-refractivity contribution is 5.96. The number of aliphatic carboxylic acids is 3. The number of ketones is 7. The second kappa shape index (κ2) is 75.0. The van der Waals surface area contributed by atoms with Gasteiger partial charge >= 0.3 is 29.8 Å². The predicted octanol–water partition coefficient (Wildman–Crippen LogP) is 9.81. The maximum Gasteiger partial charge on any atom is 0.335 e. The fourth-order valence-corrected chi connectivity index (χ4v) is 14.2. The molecule has 0 unspecified atom stereocenters. The summed E-state index contributed by atoms with van der Waals surface area (Å²) in [6, 6.07) is 11.8. The first-order valence-corrected chi connectivity index (χ1v) is 47.6. The SMILES string of the molecule is CC(C)(CC(=O)[C@@H](N)Cc1cnc[nH]1)C(=O)C[C@@H](CCCCNC(=O)COCCOCCCC(=O)COCCOCCNC(=O)CC[C@H](CC(=O)CCCCCCCCCOc1cccc(C(=O)O)c1)C(=O)O)C(=O)C[C@@H](CCCCNC(=O)COCCOCCNC(=O)COCCOCCCC(=O)CC[C@H](CC(=O)CCCCCCCCCOc1cccc(C(=O)O)c1)C(=O)O)C(=O)O. The van der Waals surface area contributed by atoms with Gasteiger partial charge in [0, 0.05) is 140 Å². The van der Waals surface area contributed by atoms with Gasteiger partial charge in [0.25, 0.3) is 0 Å². The molecule has 0 bridgehead atoms. The summed E-state index contributed by atoms with van der Waals surface area (Å²) in [5, 5.41) is 58.7. The molecule has 5 atom stereocenters. The number of hydrogen-bond donors (Lipinski definition) is 11. The van der Waals surface area contributed by atoms with E-state index in [4.69, 9.17) is 63.3 Å². The van der Waals surface area contributed by atoms with Crippen molar-refractivity contribution in [1.29, 1.82) is 0 Å². The number of unbranched alkanes of at least 4 members (excludes halogenated alkanes) is 14. The van der Waals surface area contributed by atoms with Gasteiger partial charge in [-0.1, -0.05) is 103 Å². The number of nitrogens with one attached hydrogen (secondary N) is 5. The van der Waals surface area contributed by atoms with E-state index < -0.39 is 82.6 Å². The third-order valence-electron chi connectivity index (χ3n) is 22.2. The van der Waals surface area contributed by atoms with Crippen LogP contribution in [0.3, 0.4) is 0 Å². The summed E-state index contributed by atoms with van der Waals surface area (Å²) >= 11 is 0. The number of H-pyrrole nitrogens is 1. The Hall–Kier alpha value is -10.2. The summed E-state index contributed by atoms with van der Waals surface area (Å²) in [6.45, 7) is 5.90. The second-order valence-electron chi connectivity index (χ2n) is 34.2. The number of carbonyl (C=O) groups excluding carboxylic acids is 11. The molecule has 4 amide bonds. The molecule has 3 rings (SSSR count). The van der Waals surface area contributed by atoms with E-state index in [1.54, 1.807) is 44.3 Å². The van der Waals surface area contributed by atoms with Crippen molar-refractivity contribution in [2.45, 2.75) is 251 Å². The van der Waals surface area contributed by atoms with E-state index in [0.717, 1.165) is 77.0 Å². The van der Waals surface area contributed by atoms with E-state index >= 15 is 0 Å². The van der Waals surface area contributed by atoms with Crippen molar-refractivity contribution in [3.8, 4) is 11.5 Å². The van der Waals surface area contributed by atoms with Gasteiger partial charge in [-0.3, -0.25) is 67.1 Å². The van der Waals surface area contributed by atoms with Gasteiger partial charge in [-0.2, -0.15) is 0 Å². The zero-order valence-corrected chi connectivity index (χ0v) is 79.0. The molecule has 2 aromatic carbocycles. The molecule has 0 aliphatic rings. The number of ether oxygens (including phenoxy) is 10. The topological polar surface area (TPSA) is 569 Å². The lowest BCUT2D eigenvalue weighted by Crippen LogP contribution is -2.39. The van der Waals surface area contributed by atoms with Gasteiger partial charge in [-0.25, -0.2) is 14.6 Å². The van der Waals surface area contributed by atoms with Crippen LogP contribution in [0.15, 0.2) is 61.1 Å². The average molecular weight is 1910 g/mol. The van der Waals surface area contributed by atoms with Crippen LogP contribution in [-0.2, 0) is 111 Å². The summed E-state index contributed by atoms with van der Waals surface area (Å²) in [7, 11) is 0. The summed E-state index contributed by atoms with van der Waals surface area (Å²) in [5.41, 5.74) is 5.98. The zero-order valence-electron chi connectivity index (χ0n) is 79.0. The number of carboxylic acids is 5. The minimum absolute atomic E-state index is 0.0195. The van der Waals surface area contributed by atoms with Crippen LogP contribution in [0.25, 0.3) is 0 Å². The van der Waals surface area contributed by atoms with Crippen LogP contribution in [0.2, 0.25) is 0 Å². The number of imidazole rings is 1. The van der Waals surface area contributed by atoms with Gasteiger partial charge in [-0.15, -0.1) is 0 Å². The molecule has 0 spiro atoms. The molecule has 0 saturated heterocycles. The number of benzene rings is 2. The monoisotopic (exact) mass is 1910 g/mol. The van der Waals surface area contributed by atoms with Crippen molar-refractivity contribution in [2.24, 2.45) is 34.8 Å². The molecule has 38 nitrogen and oxygen atoms in total. The largest absolute Gasteiger partial charge is 0.494 e. The Labute approximate surface area is 791 Å². The standard InChI is InChI=1S/C97H149N7O31/c1-97(2,64-86(110)84(98)63-77-65-99-70-104-77)87(111)62-71(25-15-17-39-100-89(113)67-131-54-50-127-44-24-32-81(108)66-130-53-51-128-47-41-102-88(112)38-36-76(96(124)125)58-80(107)30-14-10-6-4-8-12-20-46-135-83-34-22-28-73(60-83)93(118)119)85(109)61-74(94(120)121)26-16-18-40-101-90(114)68-133-56-52-129-48-42-103-91(115)69-132-55-49-126-43-23-31-78(105)37-35-75(95(122)123)57-79(106)29-13-9-5-3-7-11-19-45-134-82-33-21-27-72(59-82)92(116)117/h21-22,27-28,33-34,59-60,65,70-71,74-76,84H,3-20,23-26,29-32,35-58,61-64,66-69,98H2,1-2H3,(H,99,104)(H,100,113)(H,101,114)(H,102,112)(H,103,115)(H,116,117)(H,118,119)(H,120,121)(H,122,123)(H,124,125)/t71-,74-,75-,76-,84+/m1/s1. The Bertz CT molecular complexity index is 3970. The maximum atomic E-state index is 14.1. The van der Waals surface area contributed by atoms with E-state index in [-0.39, 0.29) is 286 Å². The number of nitrogens with zero attached hydrogens (tertiary/aromatic N) is 1. The summed E-state index contributed by atoms with van der Waals surface area (Å²) < 4.78 is 54.9. The number of aromatic carboxylic acids is 2. The molecule has 38 heteroatoms. The van der Waals surface area contributed by atoms with Crippen LogP contribution < -0.4 is 36.5 Å². The molecule has 135 heavy (non-hydrogen) atoms. The minimum Gasteiger partial charge on any atom is -0.494 e. The number of rotatable bonds is 92. The molecule has 0 aliphatic heterocycles. The first kappa shape index (κ1) is 119. The van der Waals surface area contributed by atoms with Gasteiger partial charge in [0.1, 0.15) is 66.8 Å². The fourth-order valence-electron chi connectivity index (χ4n) is 14.2. The first-order chi connectivity index (χ1) is 64.9. The van der Waals surface area contributed by atoms with Crippen LogP contribution in [-0.4, -0.2) is 281 Å². The highest BCUT2D eigenvalue weighted by Gasteiger charge is 2.36. The highest BCUT2D eigenvalue weighted by atomic mass is 16.5. The van der Waals surface area contributed by atoms with E-state index in [0.29, 0.717) is 88.2 Å². The lowest BCUT2D eigenvalue weighted by molar-refractivity contribution is -0.145. The van der Waals surface area contributed by atoms with Crippen LogP contribution in [0, 0.1) is 29.1 Å². The number of aromatic nitrogens is 2. The number of Topliss-reactive ketones (excluding diaryl/α,β-unsaturated/α-hetero) is 7. The van der Waals surface area contributed by atoms with Gasteiger partial charge < -0.3 is 105 Å². The van der Waals surface area contributed by atoms with E-state index in [1.807, 2.05) is 0 Å². The molecule has 0 saturated carbocycles. The van der Waals surface area contributed by atoms with Crippen molar-refractivity contribution in [2.75, 3.05) is 145 Å². The number of carbonyl (C=O) groups is 16. The molecule has 3 aromatic rings. The quantitative estimate of drug-likeness (QED) is 0.0234. The predicted molar refractivity (Wildman–Crippen MR) is 494 cm³/mol. The Morgan fingerprint density at radius 3 is 1.21 bits per heavy atom. The van der Waals surface area contributed by atoms with E-state index in [1.165, 1.54) is 30.6 Å². The molecular formula is C97H149N7O31. The van der Waals surface area contributed by atoms with Crippen LogP contribution >= 0.6 is 0 Å². The Kier molecular flexibility index (Phi) is 66.1. The van der Waals surface area contributed by atoms with Gasteiger partial charge in [0.15, 0.2) is 11.6 Å². The van der Waals surface area contributed by atoms with E-state index in [2.05, 4.69) is 31.2 Å². The Balaban J connectivity index is 1.19. The maximum absolute atomic E-state index is 14.1. The molecular weight excluding hydrogens is 1760 g/mol. The molecule has 0 aliphatic carbocycles.